The number of piperidine rings is 1. The van der Waals surface area contributed by atoms with Crippen LogP contribution < -0.4 is 9.46 Å². The Balaban J connectivity index is 1.89. The number of nitrogens with zero attached hydrogens (tertiary/aromatic N) is 1. The third kappa shape index (κ3) is 4.95. The van der Waals surface area contributed by atoms with Crippen molar-refractivity contribution in [2.75, 3.05) is 20.2 Å². The lowest BCUT2D eigenvalue weighted by molar-refractivity contribution is -0.132. The van der Waals surface area contributed by atoms with Gasteiger partial charge in [-0.1, -0.05) is 13.3 Å². The van der Waals surface area contributed by atoms with E-state index < -0.39 is 10.0 Å². The molecule has 0 atom stereocenters. The van der Waals surface area contributed by atoms with Crippen LogP contribution in [-0.2, 0) is 14.8 Å². The lowest BCUT2D eigenvalue weighted by Gasteiger charge is -2.32. The topological polar surface area (TPSA) is 75.7 Å². The summed E-state index contributed by atoms with van der Waals surface area (Å²) < 4.78 is 32.6. The van der Waals surface area contributed by atoms with Gasteiger partial charge in [-0.2, -0.15) is 0 Å². The fourth-order valence-corrected chi connectivity index (χ4v) is 4.08. The van der Waals surface area contributed by atoms with Crippen molar-refractivity contribution in [2.24, 2.45) is 0 Å². The van der Waals surface area contributed by atoms with Gasteiger partial charge in [0, 0.05) is 25.6 Å². The summed E-state index contributed by atoms with van der Waals surface area (Å²) in [7, 11) is -2.01. The number of methoxy groups -OCH3 is 1. The second kappa shape index (κ2) is 8.48. The van der Waals surface area contributed by atoms with E-state index in [0.29, 0.717) is 38.1 Å². The first-order chi connectivity index (χ1) is 11.5. The maximum Gasteiger partial charge on any atom is 0.240 e. The zero-order valence-corrected chi connectivity index (χ0v) is 15.1. The SMILES string of the molecule is CCCCC(=O)N1CCC(NS(=O)(=O)c2ccc(OC)cc2)CC1. The Labute approximate surface area is 144 Å². The summed E-state index contributed by atoms with van der Waals surface area (Å²) in [6.45, 7) is 3.28. The summed E-state index contributed by atoms with van der Waals surface area (Å²) in [6, 6.07) is 6.19. The molecule has 1 heterocycles. The molecule has 2 rings (SSSR count). The van der Waals surface area contributed by atoms with Crippen LogP contribution in [0.15, 0.2) is 29.2 Å². The molecule has 6 nitrogen and oxygen atoms in total. The summed E-state index contributed by atoms with van der Waals surface area (Å²) in [5, 5.41) is 0. The predicted octanol–water partition coefficient (Wildman–Crippen LogP) is 2.15. The lowest BCUT2D eigenvalue weighted by Crippen LogP contribution is -2.46. The number of hydrogen-bond donors (Lipinski definition) is 1. The summed E-state index contributed by atoms with van der Waals surface area (Å²) in [5.41, 5.74) is 0. The van der Waals surface area contributed by atoms with Crippen LogP contribution >= 0.6 is 0 Å². The maximum absolute atomic E-state index is 12.4. The number of amides is 1. The van der Waals surface area contributed by atoms with E-state index in [4.69, 9.17) is 4.74 Å². The molecule has 1 N–H and O–H groups in total. The van der Waals surface area contributed by atoms with E-state index in [1.165, 1.54) is 19.2 Å². The average Bonchev–Trinajstić information content (AvgIpc) is 2.60. The summed E-state index contributed by atoms with van der Waals surface area (Å²) in [5.74, 6) is 0.793. The fraction of sp³-hybridized carbons (Fsp3) is 0.588. The third-order valence-electron chi connectivity index (χ3n) is 4.28. The van der Waals surface area contributed by atoms with Crippen LogP contribution in [0.5, 0.6) is 5.75 Å². The molecule has 0 spiro atoms. The standard InChI is InChI=1S/C17H26N2O4S/c1-3-4-5-17(20)19-12-10-14(11-13-19)18-24(21,22)16-8-6-15(23-2)7-9-16/h6-9,14,18H,3-5,10-13H2,1-2H3. The zero-order valence-electron chi connectivity index (χ0n) is 14.3. The van der Waals surface area contributed by atoms with Crippen molar-refractivity contribution in [2.45, 2.75) is 50.0 Å². The van der Waals surface area contributed by atoms with Crippen LogP contribution in [0.3, 0.4) is 0 Å². The van der Waals surface area contributed by atoms with Crippen molar-refractivity contribution >= 4 is 15.9 Å². The zero-order chi connectivity index (χ0) is 17.6. The minimum absolute atomic E-state index is 0.132. The van der Waals surface area contributed by atoms with Gasteiger partial charge in [0.05, 0.1) is 12.0 Å². The number of unbranched alkanes of at least 4 members (excludes halogenated alkanes) is 1. The van der Waals surface area contributed by atoms with Gasteiger partial charge in [-0.3, -0.25) is 4.79 Å². The van der Waals surface area contributed by atoms with Gasteiger partial charge in [-0.25, -0.2) is 13.1 Å². The molecule has 0 aromatic heterocycles. The van der Waals surface area contributed by atoms with Gasteiger partial charge in [0.15, 0.2) is 0 Å². The van der Waals surface area contributed by atoms with Gasteiger partial charge in [0.2, 0.25) is 15.9 Å². The number of ether oxygens (including phenoxy) is 1. The van der Waals surface area contributed by atoms with E-state index in [1.54, 1.807) is 12.1 Å². The number of hydrogen-bond acceptors (Lipinski definition) is 4. The molecule has 1 fully saturated rings. The number of benzene rings is 1. The van der Waals surface area contributed by atoms with Crippen LogP contribution in [0, 0.1) is 0 Å². The van der Waals surface area contributed by atoms with E-state index >= 15 is 0 Å². The molecule has 1 aliphatic rings. The average molecular weight is 354 g/mol. The van der Waals surface area contributed by atoms with Crippen molar-refractivity contribution in [1.82, 2.24) is 9.62 Å². The molecule has 0 unspecified atom stereocenters. The first kappa shape index (κ1) is 18.7. The predicted molar refractivity (Wildman–Crippen MR) is 92.4 cm³/mol. The molecule has 1 aromatic carbocycles. The Kier molecular flexibility index (Phi) is 6.62. The number of likely N-dealkylation sites (tertiary alicyclic amines) is 1. The number of nitrogens with one attached hydrogen (secondary N) is 1. The van der Waals surface area contributed by atoms with Crippen LogP contribution in [0.4, 0.5) is 0 Å². The molecule has 0 saturated carbocycles. The van der Waals surface area contributed by atoms with Gasteiger partial charge < -0.3 is 9.64 Å². The number of rotatable bonds is 7. The Morgan fingerprint density at radius 2 is 1.88 bits per heavy atom. The first-order valence-corrected chi connectivity index (χ1v) is 9.88. The van der Waals surface area contributed by atoms with Gasteiger partial charge in [-0.05, 0) is 43.5 Å². The molecule has 24 heavy (non-hydrogen) atoms. The van der Waals surface area contributed by atoms with Crippen LogP contribution in [0.25, 0.3) is 0 Å². The molecule has 1 aromatic rings. The second-order valence-corrected chi connectivity index (χ2v) is 7.77. The molecule has 1 saturated heterocycles. The highest BCUT2D eigenvalue weighted by molar-refractivity contribution is 7.89. The molecule has 1 aliphatic heterocycles. The Hall–Kier alpha value is -1.60. The minimum atomic E-state index is -3.55. The van der Waals surface area contributed by atoms with Gasteiger partial charge in [-0.15, -0.1) is 0 Å². The smallest absolute Gasteiger partial charge is 0.240 e. The highest BCUT2D eigenvalue weighted by atomic mass is 32.2. The number of sulfonamides is 1. The third-order valence-corrected chi connectivity index (χ3v) is 5.82. The van der Waals surface area contributed by atoms with E-state index in [2.05, 4.69) is 11.6 Å². The van der Waals surface area contributed by atoms with E-state index in [1.807, 2.05) is 4.90 Å². The Morgan fingerprint density at radius 1 is 1.25 bits per heavy atom. The molecule has 7 heteroatoms. The number of carbonyl (C=O) groups is 1. The van der Waals surface area contributed by atoms with Crippen molar-refractivity contribution in [3.05, 3.63) is 24.3 Å². The Bertz CT molecular complexity index is 635. The van der Waals surface area contributed by atoms with Crippen LogP contribution in [-0.4, -0.2) is 45.5 Å². The highest BCUT2D eigenvalue weighted by Crippen LogP contribution is 2.18. The Morgan fingerprint density at radius 3 is 2.42 bits per heavy atom. The van der Waals surface area contributed by atoms with Crippen molar-refractivity contribution in [1.29, 1.82) is 0 Å². The lowest BCUT2D eigenvalue weighted by atomic mass is 10.1. The summed E-state index contributed by atoms with van der Waals surface area (Å²) in [6.07, 6.45) is 3.78. The van der Waals surface area contributed by atoms with Crippen molar-refractivity contribution < 1.29 is 17.9 Å². The van der Waals surface area contributed by atoms with E-state index in [-0.39, 0.29) is 16.8 Å². The normalized spacial score (nSPS) is 16.2. The van der Waals surface area contributed by atoms with Crippen LogP contribution in [0.2, 0.25) is 0 Å². The van der Waals surface area contributed by atoms with E-state index in [0.717, 1.165) is 12.8 Å². The monoisotopic (exact) mass is 354 g/mol. The van der Waals surface area contributed by atoms with Gasteiger partial charge in [0.1, 0.15) is 5.75 Å². The van der Waals surface area contributed by atoms with Gasteiger partial charge >= 0.3 is 0 Å². The number of carbonyl (C=O) groups excluding carboxylic acids is 1. The molecule has 0 bridgehead atoms. The first-order valence-electron chi connectivity index (χ1n) is 8.40. The summed E-state index contributed by atoms with van der Waals surface area (Å²) in [4.78, 5) is 14.1. The molecular formula is C17H26N2O4S. The maximum atomic E-state index is 12.4. The summed E-state index contributed by atoms with van der Waals surface area (Å²) >= 11 is 0. The molecule has 134 valence electrons. The van der Waals surface area contributed by atoms with E-state index in [9.17, 15) is 13.2 Å². The fourth-order valence-electron chi connectivity index (χ4n) is 2.78. The quantitative estimate of drug-likeness (QED) is 0.814. The highest BCUT2D eigenvalue weighted by Gasteiger charge is 2.26. The second-order valence-electron chi connectivity index (χ2n) is 6.06. The van der Waals surface area contributed by atoms with Gasteiger partial charge in [0.25, 0.3) is 0 Å². The van der Waals surface area contributed by atoms with Crippen molar-refractivity contribution in [3.63, 3.8) is 0 Å². The van der Waals surface area contributed by atoms with Crippen molar-refractivity contribution in [3.8, 4) is 5.75 Å². The largest absolute Gasteiger partial charge is 0.497 e. The molecule has 0 aliphatic carbocycles. The van der Waals surface area contributed by atoms with Crippen LogP contribution in [0.1, 0.15) is 39.0 Å². The minimum Gasteiger partial charge on any atom is -0.497 e. The molecule has 0 radical (unpaired) electrons. The molecule has 1 amide bonds. The molecular weight excluding hydrogens is 328 g/mol.